The number of carbonyl (C=O) groups excluding carboxylic acids is 1. The maximum Gasteiger partial charge on any atom is 0.232 e. The Morgan fingerprint density at radius 2 is 1.92 bits per heavy atom. The first-order chi connectivity index (χ1) is 17.8. The Morgan fingerprint density at radius 3 is 2.68 bits per heavy atom. The minimum Gasteiger partial charge on any atom is -0.486 e. The van der Waals surface area contributed by atoms with E-state index in [1.165, 1.54) is 24.4 Å². The standard InChI is InChI=1S/C26H23ClFN3O5S/c1-2-3-9-37(33,34)31-21-6-4-5-16(24(21)28)25(32)19-14-30-26-18(19)10-15(13-29-26)17-11-22-23(12-20(17)27)36-8-7-35-22/h4-6,10-14,31H,2-3,7-9H2,1H3,(H,29,30). The molecule has 1 aliphatic heterocycles. The van der Waals surface area contributed by atoms with Crippen molar-refractivity contribution in [2.45, 2.75) is 19.8 Å². The fraction of sp³-hybridized carbons (Fsp3) is 0.231. The summed E-state index contributed by atoms with van der Waals surface area (Å²) in [6, 6.07) is 9.19. The number of H-pyrrole nitrogens is 1. The first-order valence-corrected chi connectivity index (χ1v) is 13.7. The molecule has 2 aromatic carbocycles. The lowest BCUT2D eigenvalue weighted by Gasteiger charge is -2.19. The van der Waals surface area contributed by atoms with Gasteiger partial charge in [-0.1, -0.05) is 31.0 Å². The van der Waals surface area contributed by atoms with Crippen LogP contribution in [0.25, 0.3) is 22.2 Å². The van der Waals surface area contributed by atoms with Crippen LogP contribution >= 0.6 is 11.6 Å². The van der Waals surface area contributed by atoms with Gasteiger partial charge in [0.2, 0.25) is 10.0 Å². The van der Waals surface area contributed by atoms with Gasteiger partial charge < -0.3 is 14.5 Å². The number of hydrogen-bond acceptors (Lipinski definition) is 6. The van der Waals surface area contributed by atoms with E-state index in [-0.39, 0.29) is 22.6 Å². The van der Waals surface area contributed by atoms with Crippen molar-refractivity contribution in [1.29, 1.82) is 0 Å². The number of unbranched alkanes of at least 4 members (excludes halogenated alkanes) is 1. The lowest BCUT2D eigenvalue weighted by Crippen LogP contribution is -2.18. The van der Waals surface area contributed by atoms with Gasteiger partial charge in [-0.05, 0) is 30.7 Å². The van der Waals surface area contributed by atoms with E-state index in [0.717, 1.165) is 0 Å². The summed E-state index contributed by atoms with van der Waals surface area (Å²) in [6.45, 7) is 2.71. The molecule has 8 nitrogen and oxygen atoms in total. The molecule has 2 aromatic heterocycles. The van der Waals surface area contributed by atoms with Crippen molar-refractivity contribution in [2.75, 3.05) is 23.7 Å². The highest BCUT2D eigenvalue weighted by Crippen LogP contribution is 2.40. The molecule has 192 valence electrons. The zero-order valence-corrected chi connectivity index (χ0v) is 21.4. The molecule has 0 amide bonds. The van der Waals surface area contributed by atoms with E-state index >= 15 is 4.39 Å². The first-order valence-electron chi connectivity index (χ1n) is 11.7. The lowest BCUT2D eigenvalue weighted by atomic mass is 10.00. The van der Waals surface area contributed by atoms with Crippen molar-refractivity contribution in [3.05, 3.63) is 70.8 Å². The van der Waals surface area contributed by atoms with Gasteiger partial charge in [0, 0.05) is 40.5 Å². The Kier molecular flexibility index (Phi) is 6.78. The summed E-state index contributed by atoms with van der Waals surface area (Å²) in [4.78, 5) is 20.7. The number of anilines is 1. The molecule has 1 aliphatic rings. The summed E-state index contributed by atoms with van der Waals surface area (Å²) in [6.07, 6.45) is 4.17. The molecule has 0 aliphatic carbocycles. The maximum atomic E-state index is 15.3. The molecule has 0 bridgehead atoms. The van der Waals surface area contributed by atoms with Crippen molar-refractivity contribution >= 4 is 44.1 Å². The molecule has 0 fully saturated rings. The first kappa shape index (κ1) is 25.0. The fourth-order valence-corrected chi connectivity index (χ4v) is 5.63. The molecule has 0 saturated carbocycles. The SMILES string of the molecule is CCCCS(=O)(=O)Nc1cccc(C(=O)c2c[nH]c3ncc(-c4cc5c(cc4Cl)OCCO5)cc23)c1F. The van der Waals surface area contributed by atoms with Gasteiger partial charge in [-0.25, -0.2) is 17.8 Å². The third-order valence-electron chi connectivity index (χ3n) is 5.99. The molecule has 37 heavy (non-hydrogen) atoms. The third kappa shape index (κ3) is 4.99. The second kappa shape index (κ2) is 10.0. The van der Waals surface area contributed by atoms with Gasteiger partial charge >= 0.3 is 0 Å². The maximum absolute atomic E-state index is 15.3. The second-order valence-corrected chi connectivity index (χ2v) is 10.8. The number of ether oxygens (including phenoxy) is 2. The highest BCUT2D eigenvalue weighted by atomic mass is 35.5. The van der Waals surface area contributed by atoms with Gasteiger partial charge in [0.25, 0.3) is 0 Å². The molecular formula is C26H23ClFN3O5S. The Labute approximate surface area is 217 Å². The van der Waals surface area contributed by atoms with Gasteiger partial charge in [-0.3, -0.25) is 9.52 Å². The van der Waals surface area contributed by atoms with Crippen LogP contribution in [0.5, 0.6) is 11.5 Å². The van der Waals surface area contributed by atoms with Crippen molar-refractivity contribution in [2.24, 2.45) is 0 Å². The van der Waals surface area contributed by atoms with Gasteiger partial charge in [0.15, 0.2) is 23.1 Å². The number of nitrogens with one attached hydrogen (secondary N) is 2. The lowest BCUT2D eigenvalue weighted by molar-refractivity contribution is 0.103. The average Bonchev–Trinajstić information content (AvgIpc) is 3.31. The molecule has 0 atom stereocenters. The largest absolute Gasteiger partial charge is 0.486 e. The van der Waals surface area contributed by atoms with Crippen LogP contribution in [0, 0.1) is 5.82 Å². The number of aromatic nitrogens is 2. The molecule has 3 heterocycles. The van der Waals surface area contributed by atoms with Crippen LogP contribution in [-0.4, -0.2) is 43.1 Å². The number of rotatable bonds is 8. The Bertz CT molecular complexity index is 1620. The molecule has 0 spiro atoms. The van der Waals surface area contributed by atoms with Gasteiger partial charge in [0.1, 0.15) is 18.9 Å². The van der Waals surface area contributed by atoms with Crippen molar-refractivity contribution in [3.8, 4) is 22.6 Å². The highest BCUT2D eigenvalue weighted by molar-refractivity contribution is 7.92. The number of fused-ring (bicyclic) bond motifs is 2. The summed E-state index contributed by atoms with van der Waals surface area (Å²) in [5, 5.41) is 0.879. The van der Waals surface area contributed by atoms with Crippen LogP contribution in [-0.2, 0) is 10.0 Å². The zero-order chi connectivity index (χ0) is 26.2. The van der Waals surface area contributed by atoms with Gasteiger partial charge in [0.05, 0.1) is 22.0 Å². The number of benzene rings is 2. The molecule has 5 rings (SSSR count). The highest BCUT2D eigenvalue weighted by Gasteiger charge is 2.23. The Hall–Kier alpha value is -3.63. The predicted molar refractivity (Wildman–Crippen MR) is 140 cm³/mol. The normalized spacial score (nSPS) is 13.1. The molecular weight excluding hydrogens is 521 g/mol. The summed E-state index contributed by atoms with van der Waals surface area (Å²) in [7, 11) is -3.75. The second-order valence-electron chi connectivity index (χ2n) is 8.57. The smallest absolute Gasteiger partial charge is 0.232 e. The topological polar surface area (TPSA) is 110 Å². The van der Waals surface area contributed by atoms with E-state index in [1.807, 2.05) is 6.92 Å². The van der Waals surface area contributed by atoms with Crippen LogP contribution in [0.3, 0.4) is 0 Å². The molecule has 0 saturated heterocycles. The van der Waals surface area contributed by atoms with Crippen molar-refractivity contribution in [1.82, 2.24) is 9.97 Å². The van der Waals surface area contributed by atoms with Gasteiger partial charge in [-0.15, -0.1) is 0 Å². The van der Waals surface area contributed by atoms with Gasteiger partial charge in [-0.2, -0.15) is 0 Å². The van der Waals surface area contributed by atoms with E-state index in [9.17, 15) is 13.2 Å². The number of aromatic amines is 1. The molecule has 11 heteroatoms. The molecule has 2 N–H and O–H groups in total. The predicted octanol–water partition coefficient (Wildman–Crippen LogP) is 5.57. The zero-order valence-electron chi connectivity index (χ0n) is 19.8. The number of nitrogens with zero attached hydrogens (tertiary/aromatic N) is 1. The number of halogens is 2. The van der Waals surface area contributed by atoms with E-state index in [0.29, 0.717) is 64.7 Å². The molecule has 0 radical (unpaired) electrons. The van der Waals surface area contributed by atoms with Crippen LogP contribution in [0.2, 0.25) is 5.02 Å². The minimum absolute atomic E-state index is 0.138. The number of pyridine rings is 1. The quantitative estimate of drug-likeness (QED) is 0.281. The molecule has 0 unspecified atom stereocenters. The Balaban J connectivity index is 1.51. The summed E-state index contributed by atoms with van der Waals surface area (Å²) >= 11 is 6.50. The Morgan fingerprint density at radius 1 is 1.16 bits per heavy atom. The number of sulfonamides is 1. The van der Waals surface area contributed by atoms with Crippen molar-refractivity contribution in [3.63, 3.8) is 0 Å². The van der Waals surface area contributed by atoms with E-state index in [4.69, 9.17) is 21.1 Å². The summed E-state index contributed by atoms with van der Waals surface area (Å²) in [5.74, 6) is -0.601. The van der Waals surface area contributed by atoms with Crippen LogP contribution < -0.4 is 14.2 Å². The van der Waals surface area contributed by atoms with E-state index < -0.39 is 21.6 Å². The fourth-order valence-electron chi connectivity index (χ4n) is 4.11. The average molecular weight is 544 g/mol. The number of hydrogen-bond donors (Lipinski definition) is 2. The van der Waals surface area contributed by atoms with Crippen LogP contribution in [0.15, 0.2) is 48.8 Å². The van der Waals surface area contributed by atoms with Crippen LogP contribution in [0.4, 0.5) is 10.1 Å². The van der Waals surface area contributed by atoms with E-state index in [2.05, 4.69) is 14.7 Å². The third-order valence-corrected chi connectivity index (χ3v) is 7.66. The summed E-state index contributed by atoms with van der Waals surface area (Å²) < 4.78 is 53.3. The monoisotopic (exact) mass is 543 g/mol. The molecule has 4 aromatic rings. The van der Waals surface area contributed by atoms with E-state index in [1.54, 1.807) is 24.4 Å². The number of ketones is 1. The van der Waals surface area contributed by atoms with Crippen molar-refractivity contribution < 1.29 is 27.1 Å². The minimum atomic E-state index is -3.75. The number of carbonyl (C=O) groups is 1. The van der Waals surface area contributed by atoms with Crippen LogP contribution in [0.1, 0.15) is 35.7 Å². The summed E-state index contributed by atoms with van der Waals surface area (Å²) in [5.41, 5.74) is 1.33.